The average Bonchev–Trinajstić information content (AvgIpc) is 3.28. The summed E-state index contributed by atoms with van der Waals surface area (Å²) in [5, 5.41) is 2.43. The van der Waals surface area contributed by atoms with Crippen molar-refractivity contribution in [1.82, 2.24) is 14.2 Å². The molecule has 10 heteroatoms. The largest absolute Gasteiger partial charge is 0.481 e. The van der Waals surface area contributed by atoms with Crippen LogP contribution in [0.1, 0.15) is 29.6 Å². The molecular formula is C25H25Cl2N3O4S. The quantitative estimate of drug-likeness (QED) is 0.447. The summed E-state index contributed by atoms with van der Waals surface area (Å²) in [4.78, 5) is 19.1. The molecule has 0 N–H and O–H groups in total. The molecule has 0 bridgehead atoms. The van der Waals surface area contributed by atoms with Gasteiger partial charge in [0, 0.05) is 48.2 Å². The second kappa shape index (κ2) is 9.24. The first-order chi connectivity index (χ1) is 16.7. The number of likely N-dealkylation sites (tertiary alicyclic amines) is 1. The van der Waals surface area contributed by atoms with Gasteiger partial charge in [-0.2, -0.15) is 4.31 Å². The van der Waals surface area contributed by atoms with E-state index in [-0.39, 0.29) is 21.4 Å². The van der Waals surface area contributed by atoms with Crippen molar-refractivity contribution in [2.45, 2.75) is 24.2 Å². The van der Waals surface area contributed by atoms with Crippen LogP contribution in [-0.4, -0.2) is 61.8 Å². The minimum atomic E-state index is -3.63. The fourth-order valence-corrected chi connectivity index (χ4v) is 7.14. The number of fused-ring (bicyclic) bond motifs is 1. The molecule has 0 atom stereocenters. The standard InChI is InChI=1S/C25H25Cl2N3O4S/c1-34-23-15-18(14-22(27)28-23)24(31)29-10-7-25(8-11-29)9-12-30(16-25)35(32,33)19-5-6-20-17(13-19)3-2-4-21(20)26/h2-6,13-15H,7-12,16H2,1H3. The lowest BCUT2D eigenvalue weighted by atomic mass is 9.78. The Bertz CT molecular complexity index is 1410. The van der Waals surface area contributed by atoms with Crippen LogP contribution in [0.5, 0.6) is 5.88 Å². The first-order valence-corrected chi connectivity index (χ1v) is 13.6. The zero-order valence-corrected chi connectivity index (χ0v) is 21.5. The topological polar surface area (TPSA) is 79.8 Å². The van der Waals surface area contributed by atoms with Crippen molar-refractivity contribution in [2.24, 2.45) is 5.41 Å². The summed E-state index contributed by atoms with van der Waals surface area (Å²) in [5.74, 6) is 0.168. The molecule has 2 aliphatic rings. The van der Waals surface area contributed by atoms with Crippen molar-refractivity contribution < 1.29 is 17.9 Å². The van der Waals surface area contributed by atoms with Gasteiger partial charge in [-0.05, 0) is 54.3 Å². The van der Waals surface area contributed by atoms with E-state index < -0.39 is 10.0 Å². The number of sulfonamides is 1. The normalized spacial score (nSPS) is 18.3. The number of ether oxygens (including phenoxy) is 1. The van der Waals surface area contributed by atoms with Crippen LogP contribution in [0, 0.1) is 5.41 Å². The van der Waals surface area contributed by atoms with Gasteiger partial charge in [0.05, 0.1) is 12.0 Å². The lowest BCUT2D eigenvalue weighted by Crippen LogP contribution is -2.44. The fraction of sp³-hybridized carbons (Fsp3) is 0.360. The number of hydrogen-bond acceptors (Lipinski definition) is 5. The number of amides is 1. The number of nitrogens with zero attached hydrogens (tertiary/aromatic N) is 3. The van der Waals surface area contributed by atoms with Gasteiger partial charge in [-0.15, -0.1) is 0 Å². The highest BCUT2D eigenvalue weighted by atomic mass is 35.5. The molecule has 5 rings (SSSR count). The van der Waals surface area contributed by atoms with Gasteiger partial charge >= 0.3 is 0 Å². The predicted octanol–water partition coefficient (Wildman–Crippen LogP) is 4.87. The van der Waals surface area contributed by atoms with Crippen LogP contribution in [0.3, 0.4) is 0 Å². The molecule has 3 aromatic rings. The summed E-state index contributed by atoms with van der Waals surface area (Å²) in [6.07, 6.45) is 2.27. The summed E-state index contributed by atoms with van der Waals surface area (Å²) < 4.78 is 33.6. The third-order valence-electron chi connectivity index (χ3n) is 7.18. The highest BCUT2D eigenvalue weighted by molar-refractivity contribution is 7.89. The number of benzene rings is 2. The van der Waals surface area contributed by atoms with Gasteiger partial charge in [-0.1, -0.05) is 41.4 Å². The van der Waals surface area contributed by atoms with Crippen LogP contribution < -0.4 is 4.74 Å². The van der Waals surface area contributed by atoms with Gasteiger partial charge in [-0.25, -0.2) is 13.4 Å². The zero-order chi connectivity index (χ0) is 24.8. The van der Waals surface area contributed by atoms with Crippen molar-refractivity contribution in [3.8, 4) is 5.88 Å². The van der Waals surface area contributed by atoms with Gasteiger partial charge in [0.1, 0.15) is 5.15 Å². The summed E-state index contributed by atoms with van der Waals surface area (Å²) in [7, 11) is -2.15. The molecule has 7 nitrogen and oxygen atoms in total. The van der Waals surface area contributed by atoms with Gasteiger partial charge < -0.3 is 9.64 Å². The molecule has 2 fully saturated rings. The van der Waals surface area contributed by atoms with Gasteiger partial charge in [0.25, 0.3) is 5.91 Å². The Kier molecular flexibility index (Phi) is 6.42. The number of carbonyl (C=O) groups is 1. The SMILES string of the molecule is COc1cc(C(=O)N2CCC3(CC2)CCN(S(=O)(=O)c2ccc4c(Cl)cccc4c2)C3)cc(Cl)n1. The van der Waals surface area contributed by atoms with Crippen LogP contribution in [0.15, 0.2) is 53.4 Å². The Morgan fingerprint density at radius 2 is 1.77 bits per heavy atom. The molecular weight excluding hydrogens is 509 g/mol. The van der Waals surface area contributed by atoms with E-state index in [0.29, 0.717) is 42.6 Å². The highest BCUT2D eigenvalue weighted by Crippen LogP contribution is 2.42. The van der Waals surface area contributed by atoms with E-state index in [1.807, 2.05) is 12.1 Å². The summed E-state index contributed by atoms with van der Waals surface area (Å²) in [6, 6.07) is 13.7. The molecule has 0 saturated carbocycles. The van der Waals surface area contributed by atoms with Crippen LogP contribution in [-0.2, 0) is 10.0 Å². The first-order valence-electron chi connectivity index (χ1n) is 11.4. The Morgan fingerprint density at radius 3 is 2.51 bits per heavy atom. The minimum absolute atomic E-state index is 0.125. The Balaban J connectivity index is 1.28. The Hall–Kier alpha value is -2.39. The minimum Gasteiger partial charge on any atom is -0.481 e. The monoisotopic (exact) mass is 533 g/mol. The number of piperidine rings is 1. The fourth-order valence-electron chi connectivity index (χ4n) is 5.11. The molecule has 35 heavy (non-hydrogen) atoms. The number of aromatic nitrogens is 1. The second-order valence-electron chi connectivity index (χ2n) is 9.22. The van der Waals surface area contributed by atoms with Crippen LogP contribution in [0.4, 0.5) is 0 Å². The van der Waals surface area contributed by atoms with E-state index in [1.165, 1.54) is 13.2 Å². The number of pyridine rings is 1. The van der Waals surface area contributed by atoms with Crippen molar-refractivity contribution >= 4 is 49.9 Å². The van der Waals surface area contributed by atoms with E-state index in [9.17, 15) is 13.2 Å². The number of halogens is 2. The number of rotatable bonds is 4. The molecule has 184 valence electrons. The molecule has 2 aromatic carbocycles. The molecule has 3 heterocycles. The molecule has 0 radical (unpaired) electrons. The van der Waals surface area contributed by atoms with Crippen molar-refractivity contribution in [3.05, 3.63) is 64.3 Å². The Morgan fingerprint density at radius 1 is 1.03 bits per heavy atom. The van der Waals surface area contributed by atoms with Gasteiger partial charge in [-0.3, -0.25) is 4.79 Å². The van der Waals surface area contributed by atoms with E-state index in [2.05, 4.69) is 4.98 Å². The zero-order valence-electron chi connectivity index (χ0n) is 19.2. The molecule has 1 aromatic heterocycles. The van der Waals surface area contributed by atoms with Crippen LogP contribution in [0.2, 0.25) is 10.2 Å². The number of carbonyl (C=O) groups excluding carboxylic acids is 1. The van der Waals surface area contributed by atoms with Gasteiger partial charge in [0.2, 0.25) is 15.9 Å². The first kappa shape index (κ1) is 24.3. The average molecular weight is 534 g/mol. The van der Waals surface area contributed by atoms with Crippen molar-refractivity contribution in [3.63, 3.8) is 0 Å². The molecule has 0 aliphatic carbocycles. The maximum atomic E-state index is 13.4. The predicted molar refractivity (Wildman–Crippen MR) is 136 cm³/mol. The smallest absolute Gasteiger partial charge is 0.254 e. The summed E-state index contributed by atoms with van der Waals surface area (Å²) in [5.41, 5.74) is 0.308. The van der Waals surface area contributed by atoms with Crippen molar-refractivity contribution in [2.75, 3.05) is 33.3 Å². The van der Waals surface area contributed by atoms with Crippen LogP contribution in [0.25, 0.3) is 10.8 Å². The number of hydrogen-bond donors (Lipinski definition) is 0. The molecule has 0 unspecified atom stereocenters. The summed E-state index contributed by atoms with van der Waals surface area (Å²) >= 11 is 12.3. The maximum absolute atomic E-state index is 13.4. The lowest BCUT2D eigenvalue weighted by Gasteiger charge is -2.39. The van der Waals surface area contributed by atoms with Gasteiger partial charge in [0.15, 0.2) is 0 Å². The maximum Gasteiger partial charge on any atom is 0.254 e. The summed E-state index contributed by atoms with van der Waals surface area (Å²) in [6.45, 7) is 2.05. The number of methoxy groups -OCH3 is 1. The third-order valence-corrected chi connectivity index (χ3v) is 9.54. The van der Waals surface area contributed by atoms with E-state index >= 15 is 0 Å². The van der Waals surface area contributed by atoms with E-state index in [0.717, 1.165) is 30.0 Å². The lowest BCUT2D eigenvalue weighted by molar-refractivity contribution is 0.0599. The van der Waals surface area contributed by atoms with Crippen LogP contribution >= 0.6 is 23.2 Å². The molecule has 2 aliphatic heterocycles. The van der Waals surface area contributed by atoms with E-state index in [1.54, 1.807) is 39.5 Å². The molecule has 1 amide bonds. The highest BCUT2D eigenvalue weighted by Gasteiger charge is 2.45. The third kappa shape index (κ3) is 4.60. The Labute approximate surface area is 214 Å². The second-order valence-corrected chi connectivity index (χ2v) is 12.0. The van der Waals surface area contributed by atoms with E-state index in [4.69, 9.17) is 27.9 Å². The van der Waals surface area contributed by atoms with Crippen molar-refractivity contribution in [1.29, 1.82) is 0 Å². The molecule has 1 spiro atoms. The molecule has 2 saturated heterocycles.